The lowest BCUT2D eigenvalue weighted by Crippen LogP contribution is -2.11. The van der Waals surface area contributed by atoms with Crippen molar-refractivity contribution in [3.8, 4) is 10.6 Å². The van der Waals surface area contributed by atoms with Crippen LogP contribution in [-0.4, -0.2) is 20.9 Å². The van der Waals surface area contributed by atoms with Gasteiger partial charge in [-0.3, -0.25) is 4.79 Å². The summed E-state index contributed by atoms with van der Waals surface area (Å²) in [6.07, 6.45) is 7.05. The molecule has 1 amide bonds. The Balaban J connectivity index is 1.93. The van der Waals surface area contributed by atoms with Crippen LogP contribution in [0.4, 0.5) is 0 Å². The molecule has 1 N–H and O–H groups in total. The Morgan fingerprint density at radius 2 is 2.33 bits per heavy atom. The van der Waals surface area contributed by atoms with Crippen molar-refractivity contribution in [1.82, 2.24) is 19.7 Å². The standard InChI is InChI=1S/C11H12N4OS2/c16-10(15-17)2-1-3-11-13-6-9(18-11)8-4-5-12-7-14-8/h4-7,17H,1-3H2,(H,15,16). The first kappa shape index (κ1) is 13.0. The molecule has 2 rings (SSSR count). The molecule has 0 saturated heterocycles. The molecule has 0 fully saturated rings. The lowest BCUT2D eigenvalue weighted by molar-refractivity contribution is -0.119. The Kier molecular flexibility index (Phi) is 4.66. The van der Waals surface area contributed by atoms with Crippen LogP contribution in [0.25, 0.3) is 10.6 Å². The molecule has 0 saturated carbocycles. The quantitative estimate of drug-likeness (QED) is 0.821. The maximum absolute atomic E-state index is 11.0. The van der Waals surface area contributed by atoms with Gasteiger partial charge >= 0.3 is 0 Å². The number of carbonyl (C=O) groups excluding carboxylic acids is 1. The average molecular weight is 280 g/mol. The summed E-state index contributed by atoms with van der Waals surface area (Å²) < 4.78 is 2.30. The summed E-state index contributed by atoms with van der Waals surface area (Å²) in [7, 11) is 0. The maximum Gasteiger partial charge on any atom is 0.229 e. The molecule has 0 aliphatic heterocycles. The molecule has 5 nitrogen and oxygen atoms in total. The normalized spacial score (nSPS) is 10.3. The van der Waals surface area contributed by atoms with E-state index in [9.17, 15) is 4.79 Å². The minimum atomic E-state index is -0.0640. The van der Waals surface area contributed by atoms with Gasteiger partial charge in [-0.15, -0.1) is 11.3 Å². The summed E-state index contributed by atoms with van der Waals surface area (Å²) in [6, 6.07) is 1.85. The largest absolute Gasteiger partial charge is 0.303 e. The van der Waals surface area contributed by atoms with E-state index in [0.29, 0.717) is 6.42 Å². The van der Waals surface area contributed by atoms with Crippen molar-refractivity contribution in [2.24, 2.45) is 0 Å². The Hall–Kier alpha value is -1.47. The number of thiol groups is 1. The molecule has 2 heterocycles. The van der Waals surface area contributed by atoms with Crippen LogP contribution in [0.15, 0.2) is 24.8 Å². The van der Waals surface area contributed by atoms with Crippen LogP contribution < -0.4 is 4.72 Å². The zero-order valence-electron chi connectivity index (χ0n) is 9.54. The summed E-state index contributed by atoms with van der Waals surface area (Å²) in [5.74, 6) is -0.0640. The lowest BCUT2D eigenvalue weighted by atomic mass is 10.2. The molecular formula is C11H12N4OS2. The van der Waals surface area contributed by atoms with Crippen molar-refractivity contribution in [2.75, 3.05) is 0 Å². The van der Waals surface area contributed by atoms with Crippen LogP contribution in [0.1, 0.15) is 17.8 Å². The van der Waals surface area contributed by atoms with Gasteiger partial charge in [-0.05, 0) is 18.9 Å². The highest BCUT2D eigenvalue weighted by Gasteiger charge is 2.06. The Labute approximate surface area is 114 Å². The van der Waals surface area contributed by atoms with E-state index in [2.05, 4.69) is 32.5 Å². The van der Waals surface area contributed by atoms with Gasteiger partial charge in [0.1, 0.15) is 6.33 Å². The number of carbonyl (C=O) groups is 1. The summed E-state index contributed by atoms with van der Waals surface area (Å²) >= 11 is 5.29. The molecule has 0 bridgehead atoms. The molecule has 0 aliphatic carbocycles. The van der Waals surface area contributed by atoms with E-state index in [1.165, 1.54) is 6.33 Å². The monoisotopic (exact) mass is 280 g/mol. The second kappa shape index (κ2) is 6.46. The van der Waals surface area contributed by atoms with Gasteiger partial charge in [-0.2, -0.15) is 0 Å². The molecule has 0 radical (unpaired) electrons. The SMILES string of the molecule is O=C(CCCc1ncc(-c2ccncn2)s1)NS. The summed E-state index contributed by atoms with van der Waals surface area (Å²) in [4.78, 5) is 24.4. The van der Waals surface area contributed by atoms with Gasteiger partial charge < -0.3 is 4.72 Å². The molecule has 94 valence electrons. The van der Waals surface area contributed by atoms with E-state index in [4.69, 9.17) is 0 Å². The Morgan fingerprint density at radius 1 is 1.44 bits per heavy atom. The van der Waals surface area contributed by atoms with E-state index in [0.717, 1.165) is 28.4 Å². The van der Waals surface area contributed by atoms with Crippen molar-refractivity contribution in [3.05, 3.63) is 29.8 Å². The second-order valence-corrected chi connectivity index (χ2v) is 4.94. The molecule has 7 heteroatoms. The minimum absolute atomic E-state index is 0.0640. The number of amides is 1. The Morgan fingerprint density at radius 3 is 3.06 bits per heavy atom. The van der Waals surface area contributed by atoms with E-state index in [1.807, 2.05) is 6.07 Å². The van der Waals surface area contributed by atoms with Crippen molar-refractivity contribution >= 4 is 30.1 Å². The lowest BCUT2D eigenvalue weighted by Gasteiger charge is -1.96. The van der Waals surface area contributed by atoms with Crippen molar-refractivity contribution < 1.29 is 4.79 Å². The van der Waals surface area contributed by atoms with Crippen LogP contribution in [0.2, 0.25) is 0 Å². The third-order valence-electron chi connectivity index (χ3n) is 2.31. The fraction of sp³-hybridized carbons (Fsp3) is 0.273. The van der Waals surface area contributed by atoms with Crippen LogP contribution in [0.3, 0.4) is 0 Å². The number of nitrogens with one attached hydrogen (secondary N) is 1. The highest BCUT2D eigenvalue weighted by molar-refractivity contribution is 7.78. The number of nitrogens with zero attached hydrogens (tertiary/aromatic N) is 3. The first-order valence-electron chi connectivity index (χ1n) is 5.43. The highest BCUT2D eigenvalue weighted by atomic mass is 32.1. The number of thiazole rings is 1. The first-order valence-corrected chi connectivity index (χ1v) is 6.70. The topological polar surface area (TPSA) is 67.8 Å². The molecule has 2 aromatic rings. The van der Waals surface area contributed by atoms with Gasteiger partial charge in [0.15, 0.2) is 0 Å². The Bertz CT molecular complexity index is 515. The predicted molar refractivity (Wildman–Crippen MR) is 73.2 cm³/mol. The smallest absolute Gasteiger partial charge is 0.229 e. The number of hydrogen-bond acceptors (Lipinski definition) is 6. The van der Waals surface area contributed by atoms with Crippen LogP contribution in [0.5, 0.6) is 0 Å². The molecule has 0 spiro atoms. The number of rotatable bonds is 5. The number of hydrogen-bond donors (Lipinski definition) is 2. The molecule has 2 aromatic heterocycles. The minimum Gasteiger partial charge on any atom is -0.303 e. The van der Waals surface area contributed by atoms with Gasteiger partial charge in [0.2, 0.25) is 5.91 Å². The van der Waals surface area contributed by atoms with Gasteiger partial charge in [0.25, 0.3) is 0 Å². The molecule has 18 heavy (non-hydrogen) atoms. The zero-order valence-corrected chi connectivity index (χ0v) is 11.2. The average Bonchev–Trinajstić information content (AvgIpc) is 2.88. The van der Waals surface area contributed by atoms with Crippen LogP contribution >= 0.6 is 24.2 Å². The first-order chi connectivity index (χ1) is 8.79. The number of aryl methyl sites for hydroxylation is 1. The van der Waals surface area contributed by atoms with Crippen molar-refractivity contribution in [3.63, 3.8) is 0 Å². The van der Waals surface area contributed by atoms with E-state index in [1.54, 1.807) is 23.7 Å². The second-order valence-electron chi connectivity index (χ2n) is 3.60. The number of aromatic nitrogens is 3. The van der Waals surface area contributed by atoms with Crippen LogP contribution in [0, 0.1) is 0 Å². The summed E-state index contributed by atoms with van der Waals surface area (Å²) in [5, 5.41) is 1.01. The van der Waals surface area contributed by atoms with Gasteiger partial charge in [0.05, 0.1) is 15.6 Å². The maximum atomic E-state index is 11.0. The predicted octanol–water partition coefficient (Wildman–Crippen LogP) is 1.88. The van der Waals surface area contributed by atoms with E-state index in [-0.39, 0.29) is 5.91 Å². The van der Waals surface area contributed by atoms with E-state index >= 15 is 0 Å². The fourth-order valence-electron chi connectivity index (χ4n) is 1.44. The highest BCUT2D eigenvalue weighted by Crippen LogP contribution is 2.24. The van der Waals surface area contributed by atoms with Gasteiger partial charge in [-0.1, -0.05) is 12.8 Å². The summed E-state index contributed by atoms with van der Waals surface area (Å²) in [6.45, 7) is 0. The van der Waals surface area contributed by atoms with E-state index < -0.39 is 0 Å². The third kappa shape index (κ3) is 3.51. The zero-order chi connectivity index (χ0) is 12.8. The van der Waals surface area contributed by atoms with Gasteiger partial charge in [0, 0.05) is 18.8 Å². The molecule has 0 atom stereocenters. The third-order valence-corrected chi connectivity index (χ3v) is 3.64. The summed E-state index contributed by atoms with van der Waals surface area (Å²) in [5.41, 5.74) is 0.877. The van der Waals surface area contributed by atoms with Crippen molar-refractivity contribution in [1.29, 1.82) is 0 Å². The van der Waals surface area contributed by atoms with Gasteiger partial charge in [-0.25, -0.2) is 15.0 Å². The molecule has 0 unspecified atom stereocenters. The molecule has 0 aromatic carbocycles. The van der Waals surface area contributed by atoms with Crippen molar-refractivity contribution in [2.45, 2.75) is 19.3 Å². The molecule has 0 aliphatic rings. The molecular weight excluding hydrogens is 268 g/mol. The fourth-order valence-corrected chi connectivity index (χ4v) is 2.48. The van der Waals surface area contributed by atoms with Crippen LogP contribution in [-0.2, 0) is 11.2 Å².